The topological polar surface area (TPSA) is 63.7 Å². The maximum atomic E-state index is 12.0. The summed E-state index contributed by atoms with van der Waals surface area (Å²) in [5.74, 6) is -0.702. The molecule has 21 heavy (non-hydrogen) atoms. The minimum absolute atomic E-state index is 0.138. The first-order chi connectivity index (χ1) is 10.0. The lowest BCUT2D eigenvalue weighted by molar-refractivity contribution is -0.144. The predicted molar refractivity (Wildman–Crippen MR) is 79.5 cm³/mol. The average molecular weight is 354 g/mol. The Kier molecular flexibility index (Phi) is 5.12. The number of imide groups is 1. The summed E-state index contributed by atoms with van der Waals surface area (Å²) in [5, 5.41) is 0. The van der Waals surface area contributed by atoms with E-state index in [4.69, 9.17) is 0 Å². The highest BCUT2D eigenvalue weighted by Crippen LogP contribution is 2.23. The highest BCUT2D eigenvalue weighted by molar-refractivity contribution is 9.10. The molecule has 6 heteroatoms. The monoisotopic (exact) mass is 353 g/mol. The third-order valence-electron chi connectivity index (χ3n) is 3.44. The number of ether oxygens (including phenoxy) is 1. The second kappa shape index (κ2) is 6.85. The number of esters is 1. The summed E-state index contributed by atoms with van der Waals surface area (Å²) >= 11 is 3.37. The van der Waals surface area contributed by atoms with Crippen LogP contribution in [0.4, 0.5) is 0 Å². The first-order valence-corrected chi connectivity index (χ1v) is 7.52. The molecule has 2 rings (SSSR count). The number of nitrogens with zero attached hydrogens (tertiary/aromatic N) is 1. The van der Waals surface area contributed by atoms with Crippen molar-refractivity contribution >= 4 is 33.7 Å². The van der Waals surface area contributed by atoms with Crippen LogP contribution in [0.2, 0.25) is 0 Å². The van der Waals surface area contributed by atoms with Crippen molar-refractivity contribution in [3.63, 3.8) is 0 Å². The molecule has 0 saturated carbocycles. The number of carbonyl (C=O) groups excluding carboxylic acids is 3. The van der Waals surface area contributed by atoms with Gasteiger partial charge >= 0.3 is 5.97 Å². The molecular formula is C15H16BrNO4. The van der Waals surface area contributed by atoms with Crippen LogP contribution < -0.4 is 0 Å². The van der Waals surface area contributed by atoms with Crippen LogP contribution in [0.3, 0.4) is 0 Å². The van der Waals surface area contributed by atoms with E-state index >= 15 is 0 Å². The molecule has 112 valence electrons. The van der Waals surface area contributed by atoms with Crippen LogP contribution in [-0.4, -0.2) is 29.8 Å². The molecule has 0 N–H and O–H groups in total. The Balaban J connectivity index is 2.20. The third kappa shape index (κ3) is 3.69. The Bertz CT molecular complexity index is 567. The van der Waals surface area contributed by atoms with E-state index in [-0.39, 0.29) is 18.4 Å². The van der Waals surface area contributed by atoms with Gasteiger partial charge in [0.25, 0.3) is 0 Å². The van der Waals surface area contributed by atoms with Gasteiger partial charge in [0.1, 0.15) is 0 Å². The lowest BCUT2D eigenvalue weighted by Gasteiger charge is -2.19. The van der Waals surface area contributed by atoms with Crippen molar-refractivity contribution in [3.8, 4) is 0 Å². The minimum atomic E-state index is -0.427. The third-order valence-corrected chi connectivity index (χ3v) is 4.17. The molecule has 0 spiro atoms. The number of methoxy groups -OCH3 is 1. The first kappa shape index (κ1) is 15.7. The molecule has 5 nitrogen and oxygen atoms in total. The van der Waals surface area contributed by atoms with Crippen molar-refractivity contribution in [3.05, 3.63) is 33.8 Å². The van der Waals surface area contributed by atoms with Crippen molar-refractivity contribution in [1.82, 2.24) is 4.90 Å². The molecule has 1 aromatic carbocycles. The van der Waals surface area contributed by atoms with Crippen LogP contribution >= 0.6 is 15.9 Å². The number of hydrogen-bond donors (Lipinski definition) is 0. The molecular weight excluding hydrogens is 338 g/mol. The zero-order chi connectivity index (χ0) is 15.4. The van der Waals surface area contributed by atoms with E-state index in [1.807, 2.05) is 0 Å². The molecule has 2 amide bonds. The maximum Gasteiger partial charge on any atom is 0.337 e. The second-order valence-corrected chi connectivity index (χ2v) is 5.73. The molecule has 0 aromatic heterocycles. The number of amides is 2. The van der Waals surface area contributed by atoms with Crippen molar-refractivity contribution < 1.29 is 19.1 Å². The lowest BCUT2D eigenvalue weighted by Crippen LogP contribution is -2.34. The Morgan fingerprint density at radius 1 is 1.24 bits per heavy atom. The molecule has 0 atom stereocenters. The van der Waals surface area contributed by atoms with Crippen molar-refractivity contribution in [2.45, 2.75) is 32.2 Å². The zero-order valence-corrected chi connectivity index (χ0v) is 13.3. The van der Waals surface area contributed by atoms with Crippen LogP contribution in [-0.2, 0) is 20.9 Å². The van der Waals surface area contributed by atoms with Gasteiger partial charge in [-0.2, -0.15) is 0 Å². The molecule has 0 unspecified atom stereocenters. The SMILES string of the molecule is COC(=O)c1ccc(CN2C(=O)CCCCC2=O)c(Br)c1. The summed E-state index contributed by atoms with van der Waals surface area (Å²) in [6.07, 6.45) is 2.32. The van der Waals surface area contributed by atoms with Crippen molar-refractivity contribution in [1.29, 1.82) is 0 Å². The van der Waals surface area contributed by atoms with Crippen LogP contribution in [0, 0.1) is 0 Å². The van der Waals surface area contributed by atoms with Crippen molar-refractivity contribution in [2.75, 3.05) is 7.11 Å². The van der Waals surface area contributed by atoms with Gasteiger partial charge in [0.2, 0.25) is 11.8 Å². The smallest absolute Gasteiger partial charge is 0.337 e. The number of likely N-dealkylation sites (tertiary alicyclic amines) is 1. The first-order valence-electron chi connectivity index (χ1n) is 6.73. The van der Waals surface area contributed by atoms with E-state index in [0.717, 1.165) is 18.4 Å². The molecule has 1 saturated heterocycles. The second-order valence-electron chi connectivity index (χ2n) is 4.88. The summed E-state index contributed by atoms with van der Waals surface area (Å²) in [7, 11) is 1.32. The largest absolute Gasteiger partial charge is 0.465 e. The van der Waals surface area contributed by atoms with Gasteiger partial charge in [-0.1, -0.05) is 22.0 Å². The molecule has 0 bridgehead atoms. The lowest BCUT2D eigenvalue weighted by atomic mass is 10.1. The standard InChI is InChI=1S/C15H16BrNO4/c1-21-15(20)10-6-7-11(12(16)8-10)9-17-13(18)4-2-3-5-14(17)19/h6-8H,2-5,9H2,1H3. The van der Waals surface area contributed by atoms with Gasteiger partial charge in [0.15, 0.2) is 0 Å². The van der Waals surface area contributed by atoms with Gasteiger partial charge in [-0.25, -0.2) is 4.79 Å². The fraction of sp³-hybridized carbons (Fsp3) is 0.400. The number of carbonyl (C=O) groups is 3. The molecule has 1 aliphatic rings. The average Bonchev–Trinajstić information content (AvgIpc) is 2.63. The summed E-state index contributed by atoms with van der Waals surface area (Å²) in [6, 6.07) is 4.98. The summed E-state index contributed by atoms with van der Waals surface area (Å²) in [5.41, 5.74) is 1.20. The summed E-state index contributed by atoms with van der Waals surface area (Å²) in [6.45, 7) is 0.222. The number of rotatable bonds is 3. The molecule has 1 heterocycles. The van der Waals surface area contributed by atoms with E-state index in [9.17, 15) is 14.4 Å². The summed E-state index contributed by atoms with van der Waals surface area (Å²) < 4.78 is 5.33. The Hall–Kier alpha value is -1.69. The van der Waals surface area contributed by atoms with Crippen molar-refractivity contribution in [2.24, 2.45) is 0 Å². The van der Waals surface area contributed by atoms with Gasteiger partial charge < -0.3 is 4.74 Å². The zero-order valence-electron chi connectivity index (χ0n) is 11.7. The molecule has 1 aliphatic heterocycles. The van der Waals surface area contributed by atoms with Gasteiger partial charge in [-0.15, -0.1) is 0 Å². The van der Waals surface area contributed by atoms with Crippen LogP contribution in [0.15, 0.2) is 22.7 Å². The number of halogens is 1. The highest BCUT2D eigenvalue weighted by Gasteiger charge is 2.24. The predicted octanol–water partition coefficient (Wildman–Crippen LogP) is 2.66. The van der Waals surface area contributed by atoms with Gasteiger partial charge in [-0.05, 0) is 30.5 Å². The molecule has 0 aliphatic carbocycles. The van der Waals surface area contributed by atoms with E-state index < -0.39 is 5.97 Å². The van der Waals surface area contributed by atoms with Gasteiger partial charge in [0.05, 0.1) is 19.2 Å². The van der Waals surface area contributed by atoms with E-state index in [0.29, 0.717) is 22.9 Å². The highest BCUT2D eigenvalue weighted by atomic mass is 79.9. The summed E-state index contributed by atoms with van der Waals surface area (Å²) in [4.78, 5) is 36.7. The van der Waals surface area contributed by atoms with Crippen LogP contribution in [0.5, 0.6) is 0 Å². The minimum Gasteiger partial charge on any atom is -0.465 e. The van der Waals surface area contributed by atoms with E-state index in [1.54, 1.807) is 18.2 Å². The number of benzene rings is 1. The Labute approximate surface area is 131 Å². The van der Waals surface area contributed by atoms with E-state index in [2.05, 4.69) is 20.7 Å². The molecule has 1 aromatic rings. The Morgan fingerprint density at radius 2 is 1.86 bits per heavy atom. The van der Waals surface area contributed by atoms with Crippen LogP contribution in [0.1, 0.15) is 41.6 Å². The van der Waals surface area contributed by atoms with Crippen LogP contribution in [0.25, 0.3) is 0 Å². The Morgan fingerprint density at radius 3 is 2.38 bits per heavy atom. The quantitative estimate of drug-likeness (QED) is 0.618. The van der Waals surface area contributed by atoms with E-state index in [1.165, 1.54) is 12.0 Å². The molecule has 1 fully saturated rings. The molecule has 0 radical (unpaired) electrons. The fourth-order valence-corrected chi connectivity index (χ4v) is 2.73. The fourth-order valence-electron chi connectivity index (χ4n) is 2.23. The van der Waals surface area contributed by atoms with Gasteiger partial charge in [0, 0.05) is 17.3 Å². The van der Waals surface area contributed by atoms with Gasteiger partial charge in [-0.3, -0.25) is 14.5 Å². The maximum absolute atomic E-state index is 12.0. The normalized spacial score (nSPS) is 15.8. The number of hydrogen-bond acceptors (Lipinski definition) is 4.